The zero-order valence-corrected chi connectivity index (χ0v) is 12.7. The second-order valence-electron chi connectivity index (χ2n) is 4.82. The van der Waals surface area contributed by atoms with Crippen molar-refractivity contribution in [1.29, 1.82) is 0 Å². The minimum Gasteiger partial charge on any atom is -0.503 e. The maximum atomic E-state index is 12.1. The molecule has 1 aromatic rings. The van der Waals surface area contributed by atoms with Crippen molar-refractivity contribution in [3.8, 4) is 5.75 Å². The first-order valence-electron chi connectivity index (χ1n) is 6.34. The molecule has 1 aromatic heterocycles. The normalized spacial score (nSPS) is 23.0. The number of aromatic hydroxyl groups is 1. The number of amides is 2. The van der Waals surface area contributed by atoms with E-state index < -0.39 is 49.6 Å². The molecule has 1 saturated heterocycles. The van der Waals surface area contributed by atoms with Crippen LogP contribution in [0.2, 0.25) is 0 Å². The van der Waals surface area contributed by atoms with E-state index in [0.29, 0.717) is 4.67 Å². The molecule has 0 spiro atoms. The Labute approximate surface area is 129 Å². The predicted octanol–water partition coefficient (Wildman–Crippen LogP) is -0.436. The first-order chi connectivity index (χ1) is 10.6. The second-order valence-corrected chi connectivity index (χ2v) is 6.49. The Morgan fingerprint density at radius 2 is 2.17 bits per heavy atom. The smallest absolute Gasteiger partial charge is 0.435 e. The number of carbonyl (C=O) groups excluding carboxylic acids is 1. The van der Waals surface area contributed by atoms with Crippen LogP contribution in [0.15, 0.2) is 17.1 Å². The molecular weight excluding hydrogens is 333 g/mol. The summed E-state index contributed by atoms with van der Waals surface area (Å²) in [5.74, 6) is -1.40. The zero-order valence-electron chi connectivity index (χ0n) is 11.8. The van der Waals surface area contributed by atoms with Crippen LogP contribution in [-0.4, -0.2) is 48.8 Å². The fourth-order valence-corrected chi connectivity index (χ4v) is 3.48. The molecule has 1 aliphatic rings. The number of carbonyl (C=O) groups is 2. The van der Waals surface area contributed by atoms with Crippen LogP contribution in [0.3, 0.4) is 0 Å². The molecule has 1 aliphatic heterocycles. The number of hydrogen-bond acceptors (Lipinski definition) is 6. The number of aromatic nitrogens is 1. The number of pyridine rings is 1. The highest BCUT2D eigenvalue weighted by Crippen LogP contribution is 2.52. The second kappa shape index (κ2) is 6.03. The molecule has 1 fully saturated rings. The summed E-state index contributed by atoms with van der Waals surface area (Å²) in [6.07, 6.45) is -0.432. The number of nitrogens with zero attached hydrogens (tertiary/aromatic N) is 1. The number of β-lactam (4-membered cyclic amide) rings is 1. The Hall–Kier alpha value is -2.36. The third-order valence-corrected chi connectivity index (χ3v) is 4.82. The van der Waals surface area contributed by atoms with Crippen molar-refractivity contribution in [2.24, 2.45) is 0 Å². The Balaban J connectivity index is 2.03. The van der Waals surface area contributed by atoms with E-state index in [9.17, 15) is 23.8 Å². The van der Waals surface area contributed by atoms with E-state index in [1.54, 1.807) is 0 Å². The van der Waals surface area contributed by atoms with Crippen molar-refractivity contribution in [2.75, 3.05) is 0 Å². The summed E-state index contributed by atoms with van der Waals surface area (Å²) >= 11 is 0. The molecule has 2 unspecified atom stereocenters. The van der Waals surface area contributed by atoms with E-state index in [1.165, 1.54) is 6.92 Å². The minimum atomic E-state index is -4.52. The molecule has 3 atom stereocenters. The summed E-state index contributed by atoms with van der Waals surface area (Å²) in [4.78, 5) is 45.8. The van der Waals surface area contributed by atoms with E-state index in [0.717, 1.165) is 12.3 Å². The standard InChI is InChI=1S/C11H14N3O8P/c1-5-9(13-11(18)19)10(17)14(5)23(20,21)22-4-6-2-7(15)8(16)3-12-6/h2-3,5,9,13,16H,4H2,1H3,(H,12,15)(H,18,19)(H,20,21)/t5-,9?/m0/s1. The van der Waals surface area contributed by atoms with Gasteiger partial charge in [-0.3, -0.25) is 14.1 Å². The van der Waals surface area contributed by atoms with Crippen molar-refractivity contribution < 1.29 is 33.8 Å². The van der Waals surface area contributed by atoms with Gasteiger partial charge in [0.1, 0.15) is 6.04 Å². The van der Waals surface area contributed by atoms with Gasteiger partial charge in [-0.1, -0.05) is 0 Å². The average Bonchev–Trinajstić information content (AvgIpc) is 2.46. The number of aromatic amines is 1. The van der Waals surface area contributed by atoms with Gasteiger partial charge in [0.2, 0.25) is 5.43 Å². The van der Waals surface area contributed by atoms with Gasteiger partial charge in [0.15, 0.2) is 5.75 Å². The lowest BCUT2D eigenvalue weighted by Crippen LogP contribution is -2.68. The molecule has 0 aliphatic carbocycles. The highest BCUT2D eigenvalue weighted by Gasteiger charge is 2.54. The summed E-state index contributed by atoms with van der Waals surface area (Å²) in [5, 5.41) is 19.6. The maximum Gasteiger partial charge on any atom is 0.435 e. The number of rotatable bonds is 5. The van der Waals surface area contributed by atoms with Crippen molar-refractivity contribution >= 4 is 19.7 Å². The number of H-pyrrole nitrogens is 1. The number of carboxylic acid groups (broad SMARTS) is 1. The first-order valence-corrected chi connectivity index (χ1v) is 7.87. The van der Waals surface area contributed by atoms with Crippen LogP contribution in [0.5, 0.6) is 5.75 Å². The van der Waals surface area contributed by atoms with E-state index >= 15 is 0 Å². The quantitative estimate of drug-likeness (QED) is 0.353. The lowest BCUT2D eigenvalue weighted by Gasteiger charge is -2.45. The molecule has 126 valence electrons. The van der Waals surface area contributed by atoms with Gasteiger partial charge >= 0.3 is 13.8 Å². The van der Waals surface area contributed by atoms with Crippen molar-refractivity contribution in [3.63, 3.8) is 0 Å². The van der Waals surface area contributed by atoms with Crippen LogP contribution in [-0.2, 0) is 20.5 Å². The molecule has 0 radical (unpaired) electrons. The summed E-state index contributed by atoms with van der Waals surface area (Å²) in [6.45, 7) is 0.896. The van der Waals surface area contributed by atoms with Crippen molar-refractivity contribution in [2.45, 2.75) is 25.6 Å². The van der Waals surface area contributed by atoms with Crippen LogP contribution in [0.1, 0.15) is 12.6 Å². The SMILES string of the molecule is C[C@H]1C(NC(=O)O)C(=O)N1P(=O)(O)OCc1cc(=O)c(O)c[nH]1. The Morgan fingerprint density at radius 1 is 1.52 bits per heavy atom. The molecule has 12 heteroatoms. The monoisotopic (exact) mass is 347 g/mol. The summed E-state index contributed by atoms with van der Waals surface area (Å²) in [7, 11) is -4.52. The average molecular weight is 347 g/mol. The highest BCUT2D eigenvalue weighted by molar-refractivity contribution is 7.51. The van der Waals surface area contributed by atoms with Crippen LogP contribution in [0.25, 0.3) is 0 Å². The van der Waals surface area contributed by atoms with Gasteiger partial charge in [0, 0.05) is 18.0 Å². The summed E-state index contributed by atoms with van der Waals surface area (Å²) < 4.78 is 17.4. The van der Waals surface area contributed by atoms with E-state index in [2.05, 4.69) is 4.98 Å². The molecule has 23 heavy (non-hydrogen) atoms. The minimum absolute atomic E-state index is 0.114. The summed E-state index contributed by atoms with van der Waals surface area (Å²) in [5.41, 5.74) is -0.586. The molecular formula is C11H14N3O8P. The molecule has 2 heterocycles. The van der Waals surface area contributed by atoms with E-state index in [1.807, 2.05) is 5.32 Å². The summed E-state index contributed by atoms with van der Waals surface area (Å²) in [6, 6.07) is -1.01. The predicted molar refractivity (Wildman–Crippen MR) is 74.6 cm³/mol. The third kappa shape index (κ3) is 3.36. The lowest BCUT2D eigenvalue weighted by molar-refractivity contribution is -0.143. The van der Waals surface area contributed by atoms with Gasteiger partial charge in [0.05, 0.1) is 12.6 Å². The van der Waals surface area contributed by atoms with Gasteiger partial charge in [-0.25, -0.2) is 14.0 Å². The van der Waals surface area contributed by atoms with Crippen LogP contribution in [0.4, 0.5) is 4.79 Å². The molecule has 2 amide bonds. The zero-order chi connectivity index (χ0) is 17.4. The number of hydrogen-bond donors (Lipinski definition) is 5. The van der Waals surface area contributed by atoms with Gasteiger partial charge in [-0.2, -0.15) is 0 Å². The number of nitrogens with one attached hydrogen (secondary N) is 2. The highest BCUT2D eigenvalue weighted by atomic mass is 31.2. The molecule has 5 N–H and O–H groups in total. The molecule has 0 aromatic carbocycles. The van der Waals surface area contributed by atoms with Gasteiger partial charge in [-0.05, 0) is 6.92 Å². The lowest BCUT2D eigenvalue weighted by atomic mass is 10.0. The third-order valence-electron chi connectivity index (χ3n) is 3.25. The fourth-order valence-electron chi connectivity index (χ4n) is 2.08. The van der Waals surface area contributed by atoms with Crippen molar-refractivity contribution in [1.82, 2.24) is 15.0 Å². The molecule has 0 bridgehead atoms. The largest absolute Gasteiger partial charge is 0.503 e. The van der Waals surface area contributed by atoms with Gasteiger partial charge < -0.3 is 25.4 Å². The topological polar surface area (TPSA) is 169 Å². The molecule has 0 saturated carbocycles. The van der Waals surface area contributed by atoms with Crippen LogP contribution < -0.4 is 10.7 Å². The van der Waals surface area contributed by atoms with Gasteiger partial charge in [0.25, 0.3) is 5.91 Å². The van der Waals surface area contributed by atoms with Crippen LogP contribution >= 0.6 is 7.75 Å². The molecule has 11 nitrogen and oxygen atoms in total. The van der Waals surface area contributed by atoms with E-state index in [-0.39, 0.29) is 5.69 Å². The van der Waals surface area contributed by atoms with Crippen LogP contribution in [0, 0.1) is 0 Å². The van der Waals surface area contributed by atoms with Crippen molar-refractivity contribution in [3.05, 3.63) is 28.2 Å². The van der Waals surface area contributed by atoms with E-state index in [4.69, 9.17) is 14.7 Å². The first kappa shape index (κ1) is 17.0. The van der Waals surface area contributed by atoms with Gasteiger partial charge in [-0.15, -0.1) is 0 Å². The molecule has 2 rings (SSSR count). The fraction of sp³-hybridized carbons (Fsp3) is 0.364. The Morgan fingerprint density at radius 3 is 2.70 bits per heavy atom. The Bertz CT molecular complexity index is 747. The maximum absolute atomic E-state index is 12.1. The Kier molecular flexibility index (Phi) is 4.46.